The third-order valence-electron chi connectivity index (χ3n) is 8.36. The summed E-state index contributed by atoms with van der Waals surface area (Å²) in [5.74, 6) is 2.26. The van der Waals surface area contributed by atoms with Gasteiger partial charge in [0, 0.05) is 0 Å². The SMILES string of the molecule is C=C1CC[C@H](O)C/C1=C/C=C1\CCC[C@]2(C)[C@@H]([C@H](C)C[13CH2][13CH2][13C]([13CH3])([13CH3])O)CC[C@@H]12.O. The van der Waals surface area contributed by atoms with E-state index in [1.54, 1.807) is 5.57 Å². The lowest BCUT2D eigenvalue weighted by atomic mass is 9.61. The Kier molecular flexibility index (Phi) is 8.58. The molecule has 3 rings (SSSR count). The fourth-order valence-corrected chi connectivity index (χ4v) is 6.67. The van der Waals surface area contributed by atoms with E-state index < -0.39 is 5.60 Å². The summed E-state index contributed by atoms with van der Waals surface area (Å²) in [5.41, 5.74) is 4.02. The maximum atomic E-state index is 10.0. The summed E-state index contributed by atoms with van der Waals surface area (Å²) in [5, 5.41) is 20.1. The third-order valence-corrected chi connectivity index (χ3v) is 8.36. The van der Waals surface area contributed by atoms with Crippen LogP contribution in [0.3, 0.4) is 0 Å². The first-order valence-electron chi connectivity index (χ1n) is 12.1. The minimum absolute atomic E-state index is 0. The van der Waals surface area contributed by atoms with E-state index in [4.69, 9.17) is 0 Å². The van der Waals surface area contributed by atoms with Crippen LogP contribution in [0, 0.1) is 23.2 Å². The minimum Gasteiger partial charge on any atom is -0.412 e. The summed E-state index contributed by atoms with van der Waals surface area (Å²) in [7, 11) is 0. The molecule has 0 bridgehead atoms. The summed E-state index contributed by atoms with van der Waals surface area (Å²) in [6.45, 7) is 13.1. The predicted octanol–water partition coefficient (Wildman–Crippen LogP) is 5.91. The highest BCUT2D eigenvalue weighted by Crippen LogP contribution is 2.60. The molecule has 3 saturated carbocycles. The number of allylic oxidation sites excluding steroid dienone is 4. The van der Waals surface area contributed by atoms with E-state index in [1.807, 2.05) is 13.8 Å². The van der Waals surface area contributed by atoms with Crippen molar-refractivity contribution in [3.63, 3.8) is 0 Å². The van der Waals surface area contributed by atoms with E-state index in [-0.39, 0.29) is 11.6 Å². The Morgan fingerprint density at radius 3 is 2.63 bits per heavy atom. The molecular formula is C27H46O3. The van der Waals surface area contributed by atoms with Crippen LogP contribution in [0.2, 0.25) is 0 Å². The van der Waals surface area contributed by atoms with Gasteiger partial charge in [-0.25, -0.2) is 0 Å². The molecule has 30 heavy (non-hydrogen) atoms. The zero-order valence-corrected chi connectivity index (χ0v) is 19.8. The lowest BCUT2D eigenvalue weighted by Gasteiger charge is -2.44. The van der Waals surface area contributed by atoms with Gasteiger partial charge in [-0.3, -0.25) is 0 Å². The Balaban J connectivity index is 0.00000320. The van der Waals surface area contributed by atoms with Gasteiger partial charge in [0.15, 0.2) is 0 Å². The third kappa shape index (κ3) is 5.87. The molecule has 3 aliphatic rings. The molecule has 0 amide bonds. The van der Waals surface area contributed by atoms with Crippen molar-refractivity contribution in [3.8, 4) is 0 Å². The van der Waals surface area contributed by atoms with Gasteiger partial charge >= 0.3 is 0 Å². The molecule has 0 unspecified atom stereocenters. The second-order valence-electron chi connectivity index (χ2n) is 11.2. The molecular weight excluding hydrogens is 377 g/mol. The largest absolute Gasteiger partial charge is 0.412 e. The smallest absolute Gasteiger partial charge is 0.0591 e. The molecule has 3 heteroatoms. The Bertz CT molecular complexity index is 654. The highest BCUT2D eigenvalue weighted by molar-refractivity contribution is 5.36. The van der Waals surface area contributed by atoms with Crippen molar-refractivity contribution >= 4 is 0 Å². The first-order chi connectivity index (χ1) is 13.6. The average Bonchev–Trinajstić information content (AvgIpc) is 2.99. The average molecular weight is 424 g/mol. The normalized spacial score (nSPS) is 35.9. The van der Waals surface area contributed by atoms with E-state index in [2.05, 4.69) is 32.6 Å². The van der Waals surface area contributed by atoms with Gasteiger partial charge in [-0.1, -0.05) is 56.6 Å². The highest BCUT2D eigenvalue weighted by Gasteiger charge is 2.50. The fourth-order valence-electron chi connectivity index (χ4n) is 6.67. The standard InChI is InChI=1S/C27H44O2.H2O/c1-19-10-13-23(28)18-22(19)12-11-21-9-7-17-27(5)24(14-15-25(21)27)20(2)8-6-16-26(3,4)29;/h11-12,20,23-25,28-29H,1,6-10,13-18H2,2-5H3;1H2/b21-11+,22-12-;/t20-,23+,24-,25+,27-;/m1./s1/i3+1,4+1,6+1,16+1,26+1;. The van der Waals surface area contributed by atoms with Crippen molar-refractivity contribution < 1.29 is 15.7 Å². The Morgan fingerprint density at radius 2 is 1.93 bits per heavy atom. The van der Waals surface area contributed by atoms with Crippen LogP contribution in [0.1, 0.15) is 98.3 Å². The summed E-state index contributed by atoms with van der Waals surface area (Å²) < 4.78 is 0. The van der Waals surface area contributed by atoms with E-state index in [1.165, 1.54) is 49.7 Å². The number of hydrogen-bond acceptors (Lipinski definition) is 2. The monoisotopic (exact) mass is 423 g/mol. The van der Waals surface area contributed by atoms with Gasteiger partial charge < -0.3 is 15.7 Å². The molecule has 3 nitrogen and oxygen atoms in total. The molecule has 0 spiro atoms. The van der Waals surface area contributed by atoms with Crippen LogP contribution >= 0.6 is 0 Å². The van der Waals surface area contributed by atoms with Crippen molar-refractivity contribution in [1.82, 2.24) is 0 Å². The first kappa shape index (κ1) is 25.4. The zero-order chi connectivity index (χ0) is 21.2. The van der Waals surface area contributed by atoms with E-state index >= 15 is 0 Å². The quantitative estimate of drug-likeness (QED) is 0.521. The van der Waals surface area contributed by atoms with Gasteiger partial charge in [0.1, 0.15) is 0 Å². The van der Waals surface area contributed by atoms with Gasteiger partial charge in [0.25, 0.3) is 0 Å². The van der Waals surface area contributed by atoms with Gasteiger partial charge in [-0.15, -0.1) is 0 Å². The molecule has 0 aromatic heterocycles. The van der Waals surface area contributed by atoms with Gasteiger partial charge in [-0.05, 0) is 100 Å². The lowest BCUT2D eigenvalue weighted by Crippen LogP contribution is -2.36. The van der Waals surface area contributed by atoms with Crippen LogP contribution in [0.15, 0.2) is 35.5 Å². The van der Waals surface area contributed by atoms with Crippen molar-refractivity contribution in [2.45, 2.75) is 110 Å². The topological polar surface area (TPSA) is 72.0 Å². The van der Waals surface area contributed by atoms with Crippen LogP contribution in [0.25, 0.3) is 0 Å². The molecule has 3 aliphatic carbocycles. The van der Waals surface area contributed by atoms with Crippen LogP contribution in [-0.4, -0.2) is 27.4 Å². The lowest BCUT2D eigenvalue weighted by molar-refractivity contribution is 0.0596. The Labute approximate surface area is 184 Å². The second kappa shape index (κ2) is 10.1. The molecule has 172 valence electrons. The van der Waals surface area contributed by atoms with Gasteiger partial charge in [-0.2, -0.15) is 0 Å². The number of aliphatic hydroxyl groups excluding tert-OH is 1. The van der Waals surface area contributed by atoms with Crippen LogP contribution in [0.4, 0.5) is 0 Å². The van der Waals surface area contributed by atoms with Crippen molar-refractivity contribution in [2.24, 2.45) is 23.2 Å². The summed E-state index contributed by atoms with van der Waals surface area (Å²) in [4.78, 5) is 0. The number of fused-ring (bicyclic) bond motifs is 1. The highest BCUT2D eigenvalue weighted by atomic mass is 16.4. The van der Waals surface area contributed by atoms with Crippen LogP contribution < -0.4 is 0 Å². The number of rotatable bonds is 6. The molecule has 0 aromatic rings. The Morgan fingerprint density at radius 1 is 1.20 bits per heavy atom. The number of hydrogen-bond donors (Lipinski definition) is 2. The van der Waals surface area contributed by atoms with Crippen LogP contribution in [-0.2, 0) is 0 Å². The summed E-state index contributed by atoms with van der Waals surface area (Å²) in [6.07, 6.45) is 16.9. The Hall–Kier alpha value is -0.900. The van der Waals surface area contributed by atoms with Crippen molar-refractivity contribution in [3.05, 3.63) is 35.5 Å². The van der Waals surface area contributed by atoms with E-state index in [0.717, 1.165) is 49.9 Å². The maximum absolute atomic E-state index is 10.0. The zero-order valence-electron chi connectivity index (χ0n) is 19.8. The first-order valence-corrected chi connectivity index (χ1v) is 12.1. The maximum Gasteiger partial charge on any atom is 0.0591 e. The number of aliphatic hydroxyl groups is 2. The molecule has 3 fully saturated rings. The molecule has 4 N–H and O–H groups in total. The van der Waals surface area contributed by atoms with Crippen molar-refractivity contribution in [1.29, 1.82) is 0 Å². The predicted molar refractivity (Wildman–Crippen MR) is 126 cm³/mol. The summed E-state index contributed by atoms with van der Waals surface area (Å²) >= 11 is 0. The van der Waals surface area contributed by atoms with E-state index in [9.17, 15) is 10.2 Å². The molecule has 0 radical (unpaired) electrons. The van der Waals surface area contributed by atoms with Gasteiger partial charge in [0.2, 0.25) is 0 Å². The van der Waals surface area contributed by atoms with Crippen LogP contribution in [0.5, 0.6) is 0 Å². The van der Waals surface area contributed by atoms with Crippen molar-refractivity contribution in [2.75, 3.05) is 0 Å². The minimum atomic E-state index is -0.535. The summed E-state index contributed by atoms with van der Waals surface area (Å²) in [6, 6.07) is 0. The molecule has 0 aliphatic heterocycles. The fraction of sp³-hybridized carbons (Fsp3) is 0.778. The molecule has 0 aromatic carbocycles. The molecule has 0 heterocycles. The molecule has 0 saturated heterocycles. The van der Waals surface area contributed by atoms with Gasteiger partial charge in [0.05, 0.1) is 11.7 Å². The molecule has 5 atom stereocenters. The second-order valence-corrected chi connectivity index (χ2v) is 11.2. The van der Waals surface area contributed by atoms with E-state index in [0.29, 0.717) is 5.41 Å².